The fourth-order valence-corrected chi connectivity index (χ4v) is 2.71. The minimum absolute atomic E-state index is 0.0835. The minimum Gasteiger partial charge on any atom is -0.467 e. The van der Waals surface area contributed by atoms with Gasteiger partial charge in [0.2, 0.25) is 0 Å². The maximum atomic E-state index is 9.91. The second kappa shape index (κ2) is 10.1. The van der Waals surface area contributed by atoms with Crippen molar-refractivity contribution in [2.45, 2.75) is 20.3 Å². The number of hydrogen-bond donors (Lipinski definition) is 1. The van der Waals surface area contributed by atoms with Gasteiger partial charge in [-0.3, -0.25) is 0 Å². The molecule has 0 aliphatic carbocycles. The quantitative estimate of drug-likeness (QED) is 0.359. The van der Waals surface area contributed by atoms with Gasteiger partial charge >= 0.3 is 0 Å². The number of hydrogen-bond acceptors (Lipinski definition) is 3. The van der Waals surface area contributed by atoms with Crippen molar-refractivity contribution < 1.29 is 4.74 Å². The summed E-state index contributed by atoms with van der Waals surface area (Å²) in [5.41, 5.74) is 0. The van der Waals surface area contributed by atoms with Crippen molar-refractivity contribution in [3.05, 3.63) is 36.3 Å². The van der Waals surface area contributed by atoms with Crippen molar-refractivity contribution in [1.82, 2.24) is 0 Å². The first-order valence-electron chi connectivity index (χ1n) is 6.75. The van der Waals surface area contributed by atoms with Crippen molar-refractivity contribution in [3.63, 3.8) is 0 Å². The predicted octanol–water partition coefficient (Wildman–Crippen LogP) is 3.89. The molecule has 0 aromatic heterocycles. The fraction of sp³-hybridized carbons (Fsp3) is 0.500. The van der Waals surface area contributed by atoms with E-state index in [1.54, 1.807) is 0 Å². The first-order chi connectivity index (χ1) is 11.0. The molecule has 1 rings (SSSR count). The Morgan fingerprint density at radius 3 is 2.78 bits per heavy atom. The molecule has 0 aromatic carbocycles. The summed E-state index contributed by atoms with van der Waals surface area (Å²) in [6.45, 7) is 7.87. The molecule has 0 spiro atoms. The lowest BCUT2D eigenvalue weighted by Gasteiger charge is -2.16. The second-order valence-corrected chi connectivity index (χ2v) is 5.89. The average Bonchev–Trinajstić information content (AvgIpc) is 2.54. The molecule has 11 heteroatoms. The van der Waals surface area contributed by atoms with Gasteiger partial charge in [-0.25, -0.2) is 0 Å². The van der Waals surface area contributed by atoms with Gasteiger partial charge in [-0.1, -0.05) is 35.3 Å². The third kappa shape index (κ3) is 7.79. The summed E-state index contributed by atoms with van der Waals surface area (Å²) in [6.07, 6.45) is 6.82. The average molecular weight is 337 g/mol. The SMILES string of the molecule is C=C1O/C(C)=C\C(C)/C=C\C[C@H]1CS(#N)=NN=NN=NN=NN. The van der Waals surface area contributed by atoms with Crippen LogP contribution in [0.5, 0.6) is 0 Å². The summed E-state index contributed by atoms with van der Waals surface area (Å²) < 4.78 is 19.2. The van der Waals surface area contributed by atoms with Crippen LogP contribution in [0, 0.1) is 16.4 Å². The summed E-state index contributed by atoms with van der Waals surface area (Å²) in [5, 5.41) is 18.6. The number of nitrogens with zero attached hydrogens (tertiary/aromatic N) is 8. The highest BCUT2D eigenvalue weighted by Gasteiger charge is 2.16. The molecule has 1 heterocycles. The Kier molecular flexibility index (Phi) is 8.11. The first kappa shape index (κ1) is 18.4. The lowest BCUT2D eigenvalue weighted by molar-refractivity contribution is 0.264. The Hall–Kier alpha value is -2.65. The summed E-state index contributed by atoms with van der Waals surface area (Å²) in [6, 6.07) is 0. The maximum Gasteiger partial charge on any atom is 0.101 e. The topological polar surface area (TPSA) is 146 Å². The van der Waals surface area contributed by atoms with E-state index in [0.29, 0.717) is 17.9 Å². The molecule has 0 amide bonds. The van der Waals surface area contributed by atoms with E-state index >= 15 is 0 Å². The van der Waals surface area contributed by atoms with Crippen molar-refractivity contribution >= 4 is 10.3 Å². The molecule has 0 aromatic rings. The predicted molar refractivity (Wildman–Crippen MR) is 85.5 cm³/mol. The number of nitrogens with two attached hydrogens (primary N) is 1. The molecule has 2 atom stereocenters. The van der Waals surface area contributed by atoms with Crippen LogP contribution in [0.4, 0.5) is 0 Å². The summed E-state index contributed by atoms with van der Waals surface area (Å²) in [5.74, 6) is 6.59. The Bertz CT molecular complexity index is 686. The third-order valence-electron chi connectivity index (χ3n) is 2.80. The Balaban J connectivity index is 2.70. The fourth-order valence-electron chi connectivity index (χ4n) is 1.85. The lowest BCUT2D eigenvalue weighted by Crippen LogP contribution is -2.10. The van der Waals surface area contributed by atoms with Crippen molar-refractivity contribution in [1.29, 1.82) is 4.61 Å². The molecule has 0 saturated heterocycles. The van der Waals surface area contributed by atoms with E-state index in [9.17, 15) is 4.61 Å². The van der Waals surface area contributed by atoms with Gasteiger partial charge in [0.15, 0.2) is 0 Å². The Morgan fingerprint density at radius 1 is 1.35 bits per heavy atom. The van der Waals surface area contributed by atoms with Crippen LogP contribution < -0.4 is 5.84 Å². The van der Waals surface area contributed by atoms with Crippen LogP contribution in [0.25, 0.3) is 0 Å². The van der Waals surface area contributed by atoms with Crippen LogP contribution in [-0.2, 0) is 15.1 Å². The smallest absolute Gasteiger partial charge is 0.101 e. The van der Waals surface area contributed by atoms with Gasteiger partial charge < -0.3 is 10.6 Å². The molecule has 0 radical (unpaired) electrons. The number of rotatable bonds is 4. The van der Waals surface area contributed by atoms with Crippen molar-refractivity contribution in [2.24, 2.45) is 53.5 Å². The zero-order valence-corrected chi connectivity index (χ0v) is 13.8. The molecule has 124 valence electrons. The minimum atomic E-state index is -1.34. The maximum absolute atomic E-state index is 9.91. The van der Waals surface area contributed by atoms with Gasteiger partial charge in [0, 0.05) is 5.92 Å². The lowest BCUT2D eigenvalue weighted by atomic mass is 10.0. The van der Waals surface area contributed by atoms with E-state index in [-0.39, 0.29) is 11.8 Å². The van der Waals surface area contributed by atoms with E-state index < -0.39 is 10.3 Å². The van der Waals surface area contributed by atoms with Crippen LogP contribution in [0.1, 0.15) is 20.3 Å². The second-order valence-electron chi connectivity index (χ2n) is 4.72. The Labute approximate surface area is 136 Å². The molecule has 0 bridgehead atoms. The first-order valence-corrected chi connectivity index (χ1v) is 8.06. The zero-order chi connectivity index (χ0) is 17.1. The van der Waals surface area contributed by atoms with Crippen LogP contribution in [0.2, 0.25) is 0 Å². The van der Waals surface area contributed by atoms with E-state index in [4.69, 9.17) is 10.6 Å². The van der Waals surface area contributed by atoms with Gasteiger partial charge in [0.05, 0.1) is 21.8 Å². The molecule has 0 saturated carbocycles. The number of allylic oxidation sites excluding steroid dienone is 5. The zero-order valence-electron chi connectivity index (χ0n) is 13.0. The standard InChI is InChI=1S/C12H19N9OS/c1-9-5-4-6-12(11(3)22-10(2)7-9)8-23(14)21-20-19-18-17-16-15-13/h4-5,7,9,12H,3,6,8H2,1-2H3,(H2,13,16,18,20)/b5-4-,10-7-/t9?,12-/m0/s1. The van der Waals surface area contributed by atoms with Crippen molar-refractivity contribution in [3.8, 4) is 0 Å². The number of ether oxygens (including phenoxy) is 1. The molecule has 2 N–H and O–H groups in total. The highest BCUT2D eigenvalue weighted by molar-refractivity contribution is 7.73. The van der Waals surface area contributed by atoms with E-state index in [1.807, 2.05) is 19.1 Å². The van der Waals surface area contributed by atoms with Gasteiger partial charge in [-0.15, -0.1) is 0 Å². The molecule has 23 heavy (non-hydrogen) atoms. The summed E-state index contributed by atoms with van der Waals surface area (Å²) in [4.78, 5) is 0. The van der Waals surface area contributed by atoms with E-state index in [1.165, 1.54) is 0 Å². The molecular formula is C12H19N9OS. The molecule has 0 fully saturated rings. The summed E-state index contributed by atoms with van der Waals surface area (Å²) >= 11 is 0. The van der Waals surface area contributed by atoms with Crippen molar-refractivity contribution in [2.75, 3.05) is 5.75 Å². The molecule has 1 aliphatic rings. The Morgan fingerprint density at radius 2 is 2.04 bits per heavy atom. The highest BCUT2D eigenvalue weighted by atomic mass is 32.2. The highest BCUT2D eigenvalue weighted by Crippen LogP contribution is 2.22. The van der Waals surface area contributed by atoms with Gasteiger partial charge in [-0.05, 0) is 51.5 Å². The van der Waals surface area contributed by atoms with E-state index in [2.05, 4.69) is 55.4 Å². The third-order valence-corrected chi connectivity index (χ3v) is 3.76. The largest absolute Gasteiger partial charge is 0.467 e. The molecule has 1 unspecified atom stereocenters. The van der Waals surface area contributed by atoms with Crippen LogP contribution in [0.15, 0.2) is 72.1 Å². The molecular weight excluding hydrogens is 318 g/mol. The van der Waals surface area contributed by atoms with Gasteiger partial charge in [0.25, 0.3) is 0 Å². The summed E-state index contributed by atoms with van der Waals surface area (Å²) in [7, 11) is -1.34. The van der Waals surface area contributed by atoms with Crippen LogP contribution in [0.3, 0.4) is 0 Å². The molecule has 1 aliphatic heterocycles. The molecule has 10 nitrogen and oxygen atoms in total. The normalized spacial score (nSPS) is 27.4. The van der Waals surface area contributed by atoms with E-state index in [0.717, 1.165) is 5.76 Å². The van der Waals surface area contributed by atoms with Crippen LogP contribution >= 0.6 is 0 Å². The van der Waals surface area contributed by atoms with Crippen LogP contribution in [-0.4, -0.2) is 5.75 Å². The monoisotopic (exact) mass is 337 g/mol. The van der Waals surface area contributed by atoms with Gasteiger partial charge in [-0.2, -0.15) is 4.61 Å². The van der Waals surface area contributed by atoms with Gasteiger partial charge in [0.1, 0.15) is 5.76 Å².